The Hall–Kier alpha value is -2.91. The molecule has 3 aromatic rings. The maximum absolute atomic E-state index is 13.7. The summed E-state index contributed by atoms with van der Waals surface area (Å²) in [6.45, 7) is 0.107. The predicted octanol–water partition coefficient (Wildman–Crippen LogP) is 4.66. The molecule has 0 aromatic heterocycles. The minimum Gasteiger partial charge on any atom is -0.479 e. The fourth-order valence-electron chi connectivity index (χ4n) is 4.54. The lowest BCUT2D eigenvalue weighted by atomic mass is 9.72. The van der Waals surface area contributed by atoms with Gasteiger partial charge in [0.2, 0.25) is 15.9 Å². The van der Waals surface area contributed by atoms with Crippen molar-refractivity contribution in [2.75, 3.05) is 13.1 Å². The predicted molar refractivity (Wildman–Crippen MR) is 138 cm³/mol. The number of carbonyl (C=O) groups excluding carboxylic acids is 1. The Balaban J connectivity index is 1.63. The van der Waals surface area contributed by atoms with Crippen molar-refractivity contribution in [3.05, 3.63) is 100 Å². The quantitative estimate of drug-likeness (QED) is 0.448. The van der Waals surface area contributed by atoms with Crippen molar-refractivity contribution in [2.45, 2.75) is 29.2 Å². The molecule has 0 saturated carbocycles. The van der Waals surface area contributed by atoms with Gasteiger partial charge in [0.25, 0.3) is 0 Å². The van der Waals surface area contributed by atoms with Crippen molar-refractivity contribution in [2.24, 2.45) is 0 Å². The summed E-state index contributed by atoms with van der Waals surface area (Å²) >= 11 is 12.0. The maximum atomic E-state index is 13.7. The summed E-state index contributed by atoms with van der Waals surface area (Å²) in [6.07, 6.45) is 0.328. The zero-order chi connectivity index (χ0) is 25.9. The summed E-state index contributed by atoms with van der Waals surface area (Å²) in [6, 6.07) is 20.4. The fourth-order valence-corrected chi connectivity index (χ4v) is 6.71. The molecule has 0 bridgehead atoms. The van der Waals surface area contributed by atoms with Crippen LogP contribution in [0.15, 0.2) is 83.8 Å². The van der Waals surface area contributed by atoms with Gasteiger partial charge in [0, 0.05) is 23.1 Å². The molecule has 36 heavy (non-hydrogen) atoms. The molecule has 0 radical (unpaired) electrons. The lowest BCUT2D eigenvalue weighted by molar-refractivity contribution is -0.143. The molecule has 1 saturated heterocycles. The average Bonchev–Trinajstić information content (AvgIpc) is 2.87. The normalized spacial score (nSPS) is 16.7. The van der Waals surface area contributed by atoms with Crippen LogP contribution in [0, 0.1) is 0 Å². The molecule has 2 N–H and O–H groups in total. The lowest BCUT2D eigenvalue weighted by Crippen LogP contribution is -2.54. The number of carboxylic acids is 1. The van der Waals surface area contributed by atoms with E-state index < -0.39 is 33.4 Å². The number of piperidine rings is 1. The summed E-state index contributed by atoms with van der Waals surface area (Å²) in [5.41, 5.74) is 0.0313. The molecular weight excluding hydrogens is 523 g/mol. The number of rotatable bonds is 7. The maximum Gasteiger partial charge on any atom is 0.330 e. The van der Waals surface area contributed by atoms with Gasteiger partial charge in [-0.3, -0.25) is 4.79 Å². The van der Waals surface area contributed by atoms with Gasteiger partial charge in [0.05, 0.1) is 10.3 Å². The molecule has 0 aliphatic carbocycles. The summed E-state index contributed by atoms with van der Waals surface area (Å²) in [5, 5.41) is 12.9. The monoisotopic (exact) mass is 546 g/mol. The Labute approximate surface area is 219 Å². The first-order valence-electron chi connectivity index (χ1n) is 11.2. The van der Waals surface area contributed by atoms with E-state index in [-0.39, 0.29) is 40.9 Å². The van der Waals surface area contributed by atoms with Crippen LogP contribution in [-0.2, 0) is 25.0 Å². The molecule has 1 atom stereocenters. The highest BCUT2D eigenvalue weighted by molar-refractivity contribution is 7.89. The van der Waals surface area contributed by atoms with E-state index >= 15 is 0 Å². The van der Waals surface area contributed by atoms with Crippen molar-refractivity contribution in [1.82, 2.24) is 9.62 Å². The number of sulfonamides is 1. The third kappa shape index (κ3) is 5.27. The molecule has 188 valence electrons. The molecule has 1 aliphatic heterocycles. The number of nitrogens with zero attached hydrogens (tertiary/aromatic N) is 1. The largest absolute Gasteiger partial charge is 0.479 e. The van der Waals surface area contributed by atoms with E-state index in [9.17, 15) is 23.1 Å². The van der Waals surface area contributed by atoms with Crippen LogP contribution in [-0.4, -0.2) is 42.8 Å². The zero-order valence-electron chi connectivity index (χ0n) is 19.1. The number of carbonyl (C=O) groups is 2. The van der Waals surface area contributed by atoms with Crippen molar-refractivity contribution in [3.8, 4) is 0 Å². The Morgan fingerprint density at radius 2 is 1.42 bits per heavy atom. The third-order valence-electron chi connectivity index (χ3n) is 6.47. The van der Waals surface area contributed by atoms with E-state index in [4.69, 9.17) is 23.2 Å². The Kier molecular flexibility index (Phi) is 7.70. The Morgan fingerprint density at radius 3 is 1.94 bits per heavy atom. The number of hydrogen-bond donors (Lipinski definition) is 2. The summed E-state index contributed by atoms with van der Waals surface area (Å²) in [7, 11) is -3.91. The summed E-state index contributed by atoms with van der Waals surface area (Å²) < 4.78 is 27.9. The topological polar surface area (TPSA) is 104 Å². The molecule has 10 heteroatoms. The minimum absolute atomic E-state index is 0.0216. The fraction of sp³-hybridized carbons (Fsp3) is 0.231. The summed E-state index contributed by atoms with van der Waals surface area (Å²) in [5.74, 6) is -1.65. The van der Waals surface area contributed by atoms with E-state index in [2.05, 4.69) is 5.32 Å². The van der Waals surface area contributed by atoms with Gasteiger partial charge in [-0.1, -0.05) is 83.9 Å². The van der Waals surface area contributed by atoms with E-state index in [0.717, 1.165) is 0 Å². The lowest BCUT2D eigenvalue weighted by Gasteiger charge is -2.41. The molecule has 4 rings (SSSR count). The van der Waals surface area contributed by atoms with E-state index in [1.165, 1.54) is 22.5 Å². The third-order valence-corrected chi connectivity index (χ3v) is 8.78. The molecule has 1 aliphatic rings. The zero-order valence-corrected chi connectivity index (χ0v) is 21.4. The molecule has 1 heterocycles. The van der Waals surface area contributed by atoms with Crippen LogP contribution in [0.1, 0.15) is 30.0 Å². The van der Waals surface area contributed by atoms with Gasteiger partial charge < -0.3 is 10.4 Å². The van der Waals surface area contributed by atoms with E-state index in [1.807, 2.05) is 6.07 Å². The van der Waals surface area contributed by atoms with Gasteiger partial charge in [-0.15, -0.1) is 0 Å². The van der Waals surface area contributed by atoms with E-state index in [0.29, 0.717) is 11.1 Å². The van der Waals surface area contributed by atoms with E-state index in [1.54, 1.807) is 54.6 Å². The van der Waals surface area contributed by atoms with Crippen LogP contribution in [0.3, 0.4) is 0 Å². The second-order valence-electron chi connectivity index (χ2n) is 8.61. The molecule has 7 nitrogen and oxygen atoms in total. The number of halogens is 2. The first kappa shape index (κ1) is 26.2. The highest BCUT2D eigenvalue weighted by Gasteiger charge is 2.46. The van der Waals surface area contributed by atoms with Gasteiger partial charge in [-0.2, -0.15) is 4.31 Å². The molecule has 3 aromatic carbocycles. The number of amides is 1. The van der Waals surface area contributed by atoms with Gasteiger partial charge in [-0.25, -0.2) is 13.2 Å². The molecule has 0 spiro atoms. The van der Waals surface area contributed by atoms with Gasteiger partial charge in [0.1, 0.15) is 0 Å². The van der Waals surface area contributed by atoms with Crippen LogP contribution in [0.4, 0.5) is 0 Å². The molecule has 1 unspecified atom stereocenters. The first-order chi connectivity index (χ1) is 17.1. The summed E-state index contributed by atoms with van der Waals surface area (Å²) in [4.78, 5) is 25.8. The smallest absolute Gasteiger partial charge is 0.330 e. The number of hydrogen-bond acceptors (Lipinski definition) is 4. The Bertz CT molecular complexity index is 1340. The van der Waals surface area contributed by atoms with Gasteiger partial charge in [-0.05, 0) is 42.2 Å². The highest BCUT2D eigenvalue weighted by atomic mass is 35.5. The molecule has 1 fully saturated rings. The second-order valence-corrected chi connectivity index (χ2v) is 11.4. The standard InChI is InChI=1S/C26H24Cl2N2O5S/c27-20-15-21(28)17-22(16-20)36(34,35)30-13-11-26(12-14-30,19-9-5-2-6-10-19)25(33)29-23(24(31)32)18-7-3-1-4-8-18/h1-10,15-17,23H,11-14H2,(H,29,33)(H,31,32). The minimum atomic E-state index is -3.91. The van der Waals surface area contributed by atoms with Crippen molar-refractivity contribution < 1.29 is 23.1 Å². The van der Waals surface area contributed by atoms with Gasteiger partial charge in [0.15, 0.2) is 6.04 Å². The van der Waals surface area contributed by atoms with Crippen LogP contribution in [0.25, 0.3) is 0 Å². The second kappa shape index (κ2) is 10.6. The average molecular weight is 547 g/mol. The molecule has 1 amide bonds. The first-order valence-corrected chi connectivity index (χ1v) is 13.4. The number of benzene rings is 3. The van der Waals surface area contributed by atoms with Crippen molar-refractivity contribution in [3.63, 3.8) is 0 Å². The van der Waals surface area contributed by atoms with Crippen LogP contribution in [0.2, 0.25) is 10.0 Å². The van der Waals surface area contributed by atoms with Crippen LogP contribution in [0.5, 0.6) is 0 Å². The number of nitrogens with one attached hydrogen (secondary N) is 1. The molecular formula is C26H24Cl2N2O5S. The van der Waals surface area contributed by atoms with Crippen molar-refractivity contribution in [1.29, 1.82) is 0 Å². The Morgan fingerprint density at radius 1 is 0.889 bits per heavy atom. The van der Waals surface area contributed by atoms with Crippen LogP contribution >= 0.6 is 23.2 Å². The van der Waals surface area contributed by atoms with Crippen LogP contribution < -0.4 is 5.32 Å². The number of carboxylic acid groups (broad SMARTS) is 1. The number of aliphatic carboxylic acids is 1. The highest BCUT2D eigenvalue weighted by Crippen LogP contribution is 2.38. The van der Waals surface area contributed by atoms with Crippen molar-refractivity contribution >= 4 is 45.1 Å². The van der Waals surface area contributed by atoms with Gasteiger partial charge >= 0.3 is 5.97 Å². The SMILES string of the molecule is O=C(O)C(NC(=O)C1(c2ccccc2)CCN(S(=O)(=O)c2cc(Cl)cc(Cl)c2)CC1)c1ccccc1.